The molecule has 0 saturated carbocycles. The lowest BCUT2D eigenvalue weighted by molar-refractivity contribution is -0.276. The van der Waals surface area contributed by atoms with Gasteiger partial charge in [0.2, 0.25) is 5.91 Å². The number of carbonyl (C=O) groups excluding carboxylic acids is 1. The second-order valence-electron chi connectivity index (χ2n) is 13.4. The topological polar surface area (TPSA) is 112 Å². The average Bonchev–Trinajstić information content (AvgIpc) is 3.15. The third-order valence-electron chi connectivity index (χ3n) is 9.77. The van der Waals surface area contributed by atoms with E-state index in [1.54, 1.807) is 0 Å². The van der Waals surface area contributed by atoms with Crippen LogP contribution in [0.1, 0.15) is 60.0 Å². The second kappa shape index (κ2) is 17.0. The molecule has 2 aliphatic rings. The predicted molar refractivity (Wildman–Crippen MR) is 192 cm³/mol. The highest BCUT2D eigenvalue weighted by Gasteiger charge is 2.39. The van der Waals surface area contributed by atoms with Gasteiger partial charge in [0.25, 0.3) is 0 Å². The van der Waals surface area contributed by atoms with E-state index in [4.69, 9.17) is 14.6 Å². The summed E-state index contributed by atoms with van der Waals surface area (Å²) in [5.41, 5.74) is 7.20. The molecular formula is C41H47N3O6. The molecule has 9 heteroatoms. The molecule has 0 radical (unpaired) electrons. The van der Waals surface area contributed by atoms with Crippen molar-refractivity contribution in [2.24, 2.45) is 5.92 Å². The number of carboxylic acids is 1. The van der Waals surface area contributed by atoms with Gasteiger partial charge in [0.05, 0.1) is 25.2 Å². The van der Waals surface area contributed by atoms with E-state index >= 15 is 0 Å². The van der Waals surface area contributed by atoms with Crippen LogP contribution in [0.25, 0.3) is 11.1 Å². The summed E-state index contributed by atoms with van der Waals surface area (Å²) in [6.07, 6.45) is -0.983. The summed E-state index contributed by atoms with van der Waals surface area (Å²) >= 11 is 0. The van der Waals surface area contributed by atoms with Crippen molar-refractivity contribution < 1.29 is 29.3 Å². The smallest absolute Gasteiger partial charge is 0.303 e. The zero-order valence-corrected chi connectivity index (χ0v) is 28.6. The Hall–Kier alpha value is -4.38. The fraction of sp³-hybridized carbons (Fsp3) is 0.366. The summed E-state index contributed by atoms with van der Waals surface area (Å²) in [4.78, 5) is 27.8. The van der Waals surface area contributed by atoms with Crippen molar-refractivity contribution in [1.82, 2.24) is 15.1 Å². The first-order valence-corrected chi connectivity index (χ1v) is 17.5. The van der Waals surface area contributed by atoms with E-state index in [1.807, 2.05) is 36.4 Å². The monoisotopic (exact) mass is 677 g/mol. The van der Waals surface area contributed by atoms with Gasteiger partial charge in [-0.2, -0.15) is 0 Å². The molecule has 2 saturated heterocycles. The number of rotatable bonds is 13. The van der Waals surface area contributed by atoms with Gasteiger partial charge in [-0.05, 0) is 39.4 Å². The average molecular weight is 678 g/mol. The Morgan fingerprint density at radius 1 is 0.740 bits per heavy atom. The third-order valence-corrected chi connectivity index (χ3v) is 9.77. The lowest BCUT2D eigenvalue weighted by Gasteiger charge is -2.44. The minimum Gasteiger partial charge on any atom is -0.481 e. The zero-order chi connectivity index (χ0) is 34.9. The third kappa shape index (κ3) is 9.44. The molecule has 0 spiro atoms. The van der Waals surface area contributed by atoms with Crippen molar-refractivity contribution >= 4 is 11.9 Å². The van der Waals surface area contributed by atoms with E-state index < -0.39 is 12.3 Å². The van der Waals surface area contributed by atoms with Gasteiger partial charge in [-0.3, -0.25) is 19.4 Å². The molecule has 0 bridgehead atoms. The Bertz CT molecular complexity index is 1690. The molecule has 0 unspecified atom stereocenters. The fourth-order valence-corrected chi connectivity index (χ4v) is 6.76. The number of ether oxygens (including phenoxy) is 2. The Balaban J connectivity index is 1.13. The molecular weight excluding hydrogens is 630 g/mol. The quantitative estimate of drug-likeness (QED) is 0.160. The number of piperazine rings is 1. The molecule has 4 atom stereocenters. The molecule has 50 heavy (non-hydrogen) atoms. The summed E-state index contributed by atoms with van der Waals surface area (Å²) in [5.74, 6) is -1.16. The van der Waals surface area contributed by atoms with Crippen LogP contribution in [0.4, 0.5) is 0 Å². The number of carboxylic acid groups (broad SMARTS) is 1. The van der Waals surface area contributed by atoms with E-state index in [9.17, 15) is 14.7 Å². The van der Waals surface area contributed by atoms with Crippen molar-refractivity contribution in [1.29, 1.82) is 0 Å². The molecule has 0 aliphatic carbocycles. The van der Waals surface area contributed by atoms with Gasteiger partial charge in [0.15, 0.2) is 6.29 Å². The number of aliphatic hydroxyl groups is 1. The minimum atomic E-state index is -0.986. The van der Waals surface area contributed by atoms with Crippen molar-refractivity contribution in [3.63, 3.8) is 0 Å². The molecule has 6 rings (SSSR count). The standard InChI is InChI=1S/C41H47N3O6/c1-29-37(27-44-22-20-43(21-23-44)26-30-6-3-2-4-7-30)49-41(50-40(29)34-12-10-31(28-45)11-13-34)35-16-14-33(15-17-35)36-9-5-8-32(24-36)25-42-38(46)18-19-39(47)48/h2-17,24,29,37,40-41,45H,18-23,25-28H2,1H3,(H,42,46)(H,47,48)/t29-,37+,40+,41+/m1/s1. The number of nitrogens with zero attached hydrogens (tertiary/aromatic N) is 2. The van der Waals surface area contributed by atoms with Gasteiger partial charge < -0.3 is 25.0 Å². The van der Waals surface area contributed by atoms with Crippen LogP contribution >= 0.6 is 0 Å². The first-order chi connectivity index (χ1) is 24.3. The SMILES string of the molecule is C[C@@H]1[C@H](CN2CCN(Cc3ccccc3)CC2)O[C@H](c2ccc(-c3cccc(CNC(=O)CCC(=O)O)c3)cc2)O[C@@H]1c1ccc(CO)cc1. The van der Waals surface area contributed by atoms with Crippen molar-refractivity contribution in [3.05, 3.63) is 131 Å². The molecule has 2 fully saturated rings. The first-order valence-electron chi connectivity index (χ1n) is 17.5. The van der Waals surface area contributed by atoms with Crippen LogP contribution < -0.4 is 5.32 Å². The fourth-order valence-electron chi connectivity index (χ4n) is 6.76. The summed E-state index contributed by atoms with van der Waals surface area (Å²) in [5, 5.41) is 21.2. The zero-order valence-electron chi connectivity index (χ0n) is 28.6. The number of benzene rings is 4. The van der Waals surface area contributed by atoms with Gasteiger partial charge in [0, 0.05) is 63.7 Å². The van der Waals surface area contributed by atoms with E-state index in [1.165, 1.54) is 5.56 Å². The molecule has 4 aromatic rings. The Morgan fingerprint density at radius 3 is 2.12 bits per heavy atom. The second-order valence-corrected chi connectivity index (χ2v) is 13.4. The highest BCUT2D eigenvalue weighted by molar-refractivity contribution is 5.80. The molecule has 9 nitrogen and oxygen atoms in total. The maximum Gasteiger partial charge on any atom is 0.303 e. The van der Waals surface area contributed by atoms with Crippen LogP contribution in [0, 0.1) is 5.92 Å². The summed E-state index contributed by atoms with van der Waals surface area (Å²) in [7, 11) is 0. The number of aliphatic carboxylic acids is 1. The predicted octanol–water partition coefficient (Wildman–Crippen LogP) is 5.94. The normalized spacial score (nSPS) is 21.5. The van der Waals surface area contributed by atoms with Gasteiger partial charge in [-0.15, -0.1) is 0 Å². The van der Waals surface area contributed by atoms with E-state index in [0.717, 1.165) is 72.6 Å². The number of carbonyl (C=O) groups is 2. The van der Waals surface area contributed by atoms with E-state index in [-0.39, 0.29) is 43.5 Å². The van der Waals surface area contributed by atoms with Crippen LogP contribution in [-0.2, 0) is 38.8 Å². The number of hydrogen-bond acceptors (Lipinski definition) is 7. The summed E-state index contributed by atoms with van der Waals surface area (Å²) < 4.78 is 13.5. The molecule has 2 aliphatic heterocycles. The largest absolute Gasteiger partial charge is 0.481 e. The number of aliphatic hydroxyl groups excluding tert-OH is 1. The molecule has 1 amide bonds. The number of nitrogens with one attached hydrogen (secondary N) is 1. The van der Waals surface area contributed by atoms with Crippen LogP contribution in [0.15, 0.2) is 103 Å². The van der Waals surface area contributed by atoms with Crippen LogP contribution in [0.5, 0.6) is 0 Å². The summed E-state index contributed by atoms with van der Waals surface area (Å²) in [6.45, 7) is 8.34. The Kier molecular flexibility index (Phi) is 12.1. The summed E-state index contributed by atoms with van der Waals surface area (Å²) in [6, 6.07) is 34.9. The van der Waals surface area contributed by atoms with Crippen LogP contribution in [0.2, 0.25) is 0 Å². The molecule has 262 valence electrons. The van der Waals surface area contributed by atoms with Crippen molar-refractivity contribution in [2.45, 2.75) is 58.0 Å². The van der Waals surface area contributed by atoms with E-state index in [2.05, 4.69) is 88.8 Å². The molecule has 0 aromatic heterocycles. The van der Waals surface area contributed by atoms with Crippen molar-refractivity contribution in [2.75, 3.05) is 32.7 Å². The molecule has 4 aromatic carbocycles. The number of amides is 1. The van der Waals surface area contributed by atoms with Crippen LogP contribution in [-0.4, -0.2) is 70.7 Å². The molecule has 2 heterocycles. The van der Waals surface area contributed by atoms with Crippen molar-refractivity contribution in [3.8, 4) is 11.1 Å². The lowest BCUT2D eigenvalue weighted by Crippen LogP contribution is -2.51. The first kappa shape index (κ1) is 35.4. The van der Waals surface area contributed by atoms with E-state index in [0.29, 0.717) is 6.54 Å². The molecule has 3 N–H and O–H groups in total. The highest BCUT2D eigenvalue weighted by Crippen LogP contribution is 2.42. The Labute approximate surface area is 294 Å². The van der Waals surface area contributed by atoms with Gasteiger partial charge in [0.1, 0.15) is 0 Å². The maximum atomic E-state index is 12.0. The van der Waals surface area contributed by atoms with Gasteiger partial charge >= 0.3 is 5.97 Å². The Morgan fingerprint density at radius 2 is 1.42 bits per heavy atom. The highest BCUT2D eigenvalue weighted by atomic mass is 16.7. The lowest BCUT2D eigenvalue weighted by atomic mass is 9.89. The van der Waals surface area contributed by atoms with Gasteiger partial charge in [-0.25, -0.2) is 0 Å². The minimum absolute atomic E-state index is 0.00263. The maximum absolute atomic E-state index is 12.0. The number of hydrogen-bond donors (Lipinski definition) is 3. The van der Waals surface area contributed by atoms with Crippen LogP contribution in [0.3, 0.4) is 0 Å². The van der Waals surface area contributed by atoms with Gasteiger partial charge in [-0.1, -0.05) is 104 Å².